The van der Waals surface area contributed by atoms with E-state index in [0.29, 0.717) is 12.4 Å². The second kappa shape index (κ2) is 6.45. The highest BCUT2D eigenvalue weighted by atomic mass is 19.4. The second-order valence-electron chi connectivity index (χ2n) is 5.60. The third-order valence-electron chi connectivity index (χ3n) is 3.98. The van der Waals surface area contributed by atoms with Gasteiger partial charge in [0.25, 0.3) is 5.79 Å². The molecule has 0 aliphatic carbocycles. The molecule has 2 atom stereocenters. The second-order valence-corrected chi connectivity index (χ2v) is 5.60. The van der Waals surface area contributed by atoms with Gasteiger partial charge in [0.05, 0.1) is 0 Å². The van der Waals surface area contributed by atoms with Crippen molar-refractivity contribution in [3.05, 3.63) is 65.7 Å². The van der Waals surface area contributed by atoms with E-state index in [-0.39, 0.29) is 6.42 Å². The summed E-state index contributed by atoms with van der Waals surface area (Å²) in [4.78, 5) is 0. The zero-order valence-corrected chi connectivity index (χ0v) is 13.0. The highest BCUT2D eigenvalue weighted by Gasteiger charge is 2.74. The minimum Gasteiger partial charge on any atom is -0.489 e. The first-order valence-corrected chi connectivity index (χ1v) is 7.50. The molecule has 1 aliphatic heterocycles. The van der Waals surface area contributed by atoms with Gasteiger partial charge in [-0.3, -0.25) is 0 Å². The quantitative estimate of drug-likeness (QED) is 0.743. The van der Waals surface area contributed by atoms with Gasteiger partial charge in [0.1, 0.15) is 18.5 Å². The Balaban J connectivity index is 1.56. The number of benzene rings is 2. The van der Waals surface area contributed by atoms with Gasteiger partial charge in [-0.1, -0.05) is 42.5 Å². The summed E-state index contributed by atoms with van der Waals surface area (Å²) < 4.78 is 53.7. The van der Waals surface area contributed by atoms with Crippen LogP contribution < -0.4 is 4.74 Å². The predicted octanol–water partition coefficient (Wildman–Crippen LogP) is 4.11. The molecule has 6 heteroatoms. The molecule has 0 saturated carbocycles. The molecule has 1 aliphatic rings. The van der Waals surface area contributed by atoms with E-state index in [4.69, 9.17) is 9.47 Å². The average Bonchev–Trinajstić information content (AvgIpc) is 3.29. The number of ether oxygens (including phenoxy) is 3. The summed E-state index contributed by atoms with van der Waals surface area (Å²) >= 11 is 0. The standard InChI is InChI=1S/C18H17F3O3/c1-22-17(18(19,20)21)16(24-17)11-13-7-9-15(10-8-13)23-12-14-5-3-2-4-6-14/h2-10,16H,11-12H2,1H3/t16-,17?/m1/s1. The van der Waals surface area contributed by atoms with Crippen molar-refractivity contribution in [2.24, 2.45) is 0 Å². The van der Waals surface area contributed by atoms with Crippen molar-refractivity contribution in [1.29, 1.82) is 0 Å². The van der Waals surface area contributed by atoms with E-state index in [1.807, 2.05) is 30.3 Å². The fourth-order valence-corrected chi connectivity index (χ4v) is 2.57. The van der Waals surface area contributed by atoms with E-state index in [0.717, 1.165) is 18.2 Å². The Hall–Kier alpha value is -2.05. The number of methoxy groups -OCH3 is 1. The van der Waals surface area contributed by atoms with E-state index in [1.165, 1.54) is 0 Å². The van der Waals surface area contributed by atoms with Crippen LogP contribution in [0, 0.1) is 0 Å². The first kappa shape index (κ1) is 16.8. The Labute approximate surface area is 138 Å². The van der Waals surface area contributed by atoms with Crippen molar-refractivity contribution < 1.29 is 27.4 Å². The van der Waals surface area contributed by atoms with Crippen LogP contribution in [0.4, 0.5) is 13.2 Å². The molecule has 0 spiro atoms. The summed E-state index contributed by atoms with van der Waals surface area (Å²) in [5.41, 5.74) is 1.78. The molecule has 0 bridgehead atoms. The molecule has 1 fully saturated rings. The van der Waals surface area contributed by atoms with Crippen molar-refractivity contribution in [2.75, 3.05) is 7.11 Å². The zero-order valence-electron chi connectivity index (χ0n) is 13.0. The molecule has 1 heterocycles. The molecule has 3 rings (SSSR count). The Kier molecular flexibility index (Phi) is 4.51. The normalized spacial score (nSPS) is 23.1. The molecule has 2 aromatic rings. The van der Waals surface area contributed by atoms with Crippen LogP contribution in [-0.4, -0.2) is 25.2 Å². The molecule has 0 amide bonds. The highest BCUT2D eigenvalue weighted by molar-refractivity contribution is 5.29. The number of alkyl halides is 3. The van der Waals surface area contributed by atoms with Crippen LogP contribution in [0.1, 0.15) is 11.1 Å². The topological polar surface area (TPSA) is 31.0 Å². The van der Waals surface area contributed by atoms with E-state index >= 15 is 0 Å². The van der Waals surface area contributed by atoms with Crippen molar-refractivity contribution in [1.82, 2.24) is 0 Å². The lowest BCUT2D eigenvalue weighted by molar-refractivity contribution is -0.263. The Bertz CT molecular complexity index is 670. The van der Waals surface area contributed by atoms with E-state index < -0.39 is 18.1 Å². The molecular formula is C18H17F3O3. The van der Waals surface area contributed by atoms with E-state index in [9.17, 15) is 13.2 Å². The fraction of sp³-hybridized carbons (Fsp3) is 0.333. The van der Waals surface area contributed by atoms with Crippen molar-refractivity contribution in [2.45, 2.75) is 31.1 Å². The first-order valence-electron chi connectivity index (χ1n) is 7.50. The zero-order chi connectivity index (χ0) is 17.2. The predicted molar refractivity (Wildman–Crippen MR) is 81.6 cm³/mol. The Morgan fingerprint density at radius 1 is 1.00 bits per heavy atom. The van der Waals surface area contributed by atoms with Crippen LogP contribution in [0.2, 0.25) is 0 Å². The van der Waals surface area contributed by atoms with Gasteiger partial charge in [0.15, 0.2) is 0 Å². The van der Waals surface area contributed by atoms with E-state index in [2.05, 4.69) is 4.74 Å². The highest BCUT2D eigenvalue weighted by Crippen LogP contribution is 2.51. The van der Waals surface area contributed by atoms with Crippen LogP contribution in [-0.2, 0) is 22.5 Å². The summed E-state index contributed by atoms with van der Waals surface area (Å²) in [5, 5.41) is 0. The molecule has 1 saturated heterocycles. The third-order valence-corrected chi connectivity index (χ3v) is 3.98. The number of hydrogen-bond acceptors (Lipinski definition) is 3. The molecule has 0 N–H and O–H groups in total. The maximum absolute atomic E-state index is 12.9. The third kappa shape index (κ3) is 3.39. The summed E-state index contributed by atoms with van der Waals surface area (Å²) in [6.45, 7) is 0.437. The van der Waals surface area contributed by atoms with Crippen LogP contribution >= 0.6 is 0 Å². The van der Waals surface area contributed by atoms with Gasteiger partial charge in [0, 0.05) is 13.5 Å². The fourth-order valence-electron chi connectivity index (χ4n) is 2.57. The van der Waals surface area contributed by atoms with Gasteiger partial charge in [-0.25, -0.2) is 0 Å². The molecule has 0 aromatic heterocycles. The largest absolute Gasteiger partial charge is 0.489 e. The number of epoxide rings is 1. The lowest BCUT2D eigenvalue weighted by Crippen LogP contribution is -2.37. The van der Waals surface area contributed by atoms with Gasteiger partial charge < -0.3 is 14.2 Å². The smallest absolute Gasteiger partial charge is 0.446 e. The monoisotopic (exact) mass is 338 g/mol. The molecule has 24 heavy (non-hydrogen) atoms. The van der Waals surface area contributed by atoms with Crippen molar-refractivity contribution in [3.8, 4) is 5.75 Å². The lowest BCUT2D eigenvalue weighted by Gasteiger charge is -2.14. The van der Waals surface area contributed by atoms with Gasteiger partial charge >= 0.3 is 6.18 Å². The lowest BCUT2D eigenvalue weighted by atomic mass is 10.1. The van der Waals surface area contributed by atoms with Crippen LogP contribution in [0.5, 0.6) is 5.75 Å². The minimum atomic E-state index is -4.54. The van der Waals surface area contributed by atoms with Gasteiger partial charge in [-0.15, -0.1) is 0 Å². The SMILES string of the molecule is COC1(C(F)(F)F)O[C@@H]1Cc1ccc(OCc2ccccc2)cc1. The Morgan fingerprint density at radius 3 is 2.21 bits per heavy atom. The van der Waals surface area contributed by atoms with Gasteiger partial charge in [0.2, 0.25) is 0 Å². The number of halogens is 3. The summed E-state index contributed by atoms with van der Waals surface area (Å²) in [6, 6.07) is 16.7. The number of rotatable bonds is 6. The minimum absolute atomic E-state index is 0.131. The van der Waals surface area contributed by atoms with Crippen LogP contribution in [0.15, 0.2) is 54.6 Å². The van der Waals surface area contributed by atoms with Crippen molar-refractivity contribution >= 4 is 0 Å². The summed E-state index contributed by atoms with van der Waals surface area (Å²) in [6.07, 6.45) is -5.42. The van der Waals surface area contributed by atoms with E-state index in [1.54, 1.807) is 24.3 Å². The summed E-state index contributed by atoms with van der Waals surface area (Å²) in [5.74, 6) is -1.80. The number of hydrogen-bond donors (Lipinski definition) is 0. The molecule has 1 unspecified atom stereocenters. The van der Waals surface area contributed by atoms with Gasteiger partial charge in [-0.2, -0.15) is 13.2 Å². The maximum atomic E-state index is 12.9. The molecule has 3 nitrogen and oxygen atoms in total. The van der Waals surface area contributed by atoms with Crippen LogP contribution in [0.25, 0.3) is 0 Å². The Morgan fingerprint density at radius 2 is 1.67 bits per heavy atom. The molecule has 0 radical (unpaired) electrons. The molecule has 128 valence electrons. The van der Waals surface area contributed by atoms with Gasteiger partial charge in [-0.05, 0) is 23.3 Å². The molecule has 2 aromatic carbocycles. The summed E-state index contributed by atoms with van der Waals surface area (Å²) in [7, 11) is 1.01. The van der Waals surface area contributed by atoms with Crippen molar-refractivity contribution in [3.63, 3.8) is 0 Å². The average molecular weight is 338 g/mol. The first-order chi connectivity index (χ1) is 11.4. The maximum Gasteiger partial charge on any atom is 0.446 e. The van der Waals surface area contributed by atoms with Crippen LogP contribution in [0.3, 0.4) is 0 Å². The molecular weight excluding hydrogens is 321 g/mol.